The largest absolute Gasteiger partial charge is 0.467 e. The van der Waals surface area contributed by atoms with Crippen molar-refractivity contribution in [1.82, 2.24) is 5.32 Å². The van der Waals surface area contributed by atoms with Crippen LogP contribution < -0.4 is 5.32 Å². The maximum atomic E-state index is 13.2. The molecule has 6 heteroatoms. The summed E-state index contributed by atoms with van der Waals surface area (Å²) in [5, 5.41) is 2.95. The first-order chi connectivity index (χ1) is 9.66. The smallest absolute Gasteiger partial charge is 0.416 e. The van der Waals surface area contributed by atoms with Gasteiger partial charge < -0.3 is 4.74 Å². The molecule has 0 radical (unpaired) electrons. The van der Waals surface area contributed by atoms with Gasteiger partial charge in [0.15, 0.2) is 0 Å². The Balaban J connectivity index is 3.44. The standard InChI is InChI=1S/C15H20F3NO2/c1-5-10(2)19-14(3,13(20)21-4)11-8-6-7-9-12(11)15(16,17)18/h6-10,19H,5H2,1-4H3. The van der Waals surface area contributed by atoms with E-state index in [2.05, 4.69) is 5.32 Å². The fraction of sp³-hybridized carbons (Fsp3) is 0.533. The topological polar surface area (TPSA) is 38.3 Å². The van der Waals surface area contributed by atoms with Crippen molar-refractivity contribution >= 4 is 5.97 Å². The van der Waals surface area contributed by atoms with Gasteiger partial charge in [0.2, 0.25) is 0 Å². The van der Waals surface area contributed by atoms with Crippen LogP contribution >= 0.6 is 0 Å². The van der Waals surface area contributed by atoms with Crippen molar-refractivity contribution in [2.45, 2.75) is 44.9 Å². The lowest BCUT2D eigenvalue weighted by molar-refractivity contribution is -0.150. The molecule has 3 nitrogen and oxygen atoms in total. The summed E-state index contributed by atoms with van der Waals surface area (Å²) in [6, 6.07) is 4.90. The Kier molecular flexibility index (Phi) is 5.39. The molecule has 0 aliphatic carbocycles. The van der Waals surface area contributed by atoms with Crippen LogP contribution in [0.3, 0.4) is 0 Å². The molecule has 0 fully saturated rings. The molecule has 0 amide bonds. The normalized spacial score (nSPS) is 16.1. The Morgan fingerprint density at radius 1 is 1.29 bits per heavy atom. The van der Waals surface area contributed by atoms with E-state index < -0.39 is 23.2 Å². The van der Waals surface area contributed by atoms with Gasteiger partial charge in [-0.2, -0.15) is 13.2 Å². The van der Waals surface area contributed by atoms with Crippen molar-refractivity contribution in [2.24, 2.45) is 0 Å². The SMILES string of the molecule is CCC(C)NC(C)(C(=O)OC)c1ccccc1C(F)(F)F. The van der Waals surface area contributed by atoms with Crippen molar-refractivity contribution in [3.05, 3.63) is 35.4 Å². The second kappa shape index (κ2) is 6.47. The summed E-state index contributed by atoms with van der Waals surface area (Å²) in [5.41, 5.74) is -2.53. The molecule has 118 valence electrons. The third-order valence-electron chi connectivity index (χ3n) is 3.51. The minimum atomic E-state index is -4.54. The number of carbonyl (C=O) groups excluding carboxylic acids is 1. The molecule has 1 aromatic rings. The van der Waals surface area contributed by atoms with Crippen molar-refractivity contribution in [3.8, 4) is 0 Å². The number of nitrogens with one attached hydrogen (secondary N) is 1. The first-order valence-corrected chi connectivity index (χ1v) is 6.69. The third kappa shape index (κ3) is 3.75. The summed E-state index contributed by atoms with van der Waals surface area (Å²) >= 11 is 0. The van der Waals surface area contributed by atoms with E-state index in [1.165, 1.54) is 25.1 Å². The third-order valence-corrected chi connectivity index (χ3v) is 3.51. The number of ether oxygens (including phenoxy) is 1. The number of rotatable bonds is 5. The van der Waals surface area contributed by atoms with Crippen LogP contribution in [0.4, 0.5) is 13.2 Å². The predicted octanol–water partition coefficient (Wildman–Crippen LogP) is 3.48. The van der Waals surface area contributed by atoms with Gasteiger partial charge in [-0.3, -0.25) is 5.32 Å². The van der Waals surface area contributed by atoms with Crippen LogP contribution in [-0.4, -0.2) is 19.1 Å². The number of esters is 1. The van der Waals surface area contributed by atoms with E-state index in [1.54, 1.807) is 6.92 Å². The van der Waals surface area contributed by atoms with Crippen molar-refractivity contribution in [1.29, 1.82) is 0 Å². The first-order valence-electron chi connectivity index (χ1n) is 6.69. The quantitative estimate of drug-likeness (QED) is 0.846. The zero-order valence-electron chi connectivity index (χ0n) is 12.5. The average molecular weight is 303 g/mol. The number of benzene rings is 1. The Morgan fingerprint density at radius 2 is 1.81 bits per heavy atom. The lowest BCUT2D eigenvalue weighted by Crippen LogP contribution is -2.51. The predicted molar refractivity (Wildman–Crippen MR) is 73.7 cm³/mol. The molecule has 0 bridgehead atoms. The van der Waals surface area contributed by atoms with Crippen LogP contribution in [-0.2, 0) is 21.2 Å². The number of hydrogen-bond acceptors (Lipinski definition) is 3. The van der Waals surface area contributed by atoms with E-state index >= 15 is 0 Å². The molecule has 0 aromatic heterocycles. The summed E-state index contributed by atoms with van der Waals surface area (Å²) in [5.74, 6) is -0.750. The second-order valence-corrected chi connectivity index (χ2v) is 5.11. The molecule has 1 N–H and O–H groups in total. The van der Waals surface area contributed by atoms with Crippen LogP contribution in [0, 0.1) is 0 Å². The molecule has 0 aliphatic heterocycles. The Hall–Kier alpha value is -1.56. The Bertz CT molecular complexity index is 502. The van der Waals surface area contributed by atoms with Gasteiger partial charge in [0, 0.05) is 6.04 Å². The van der Waals surface area contributed by atoms with E-state index in [-0.39, 0.29) is 11.6 Å². The minimum Gasteiger partial charge on any atom is -0.467 e. The zero-order chi connectivity index (χ0) is 16.3. The second-order valence-electron chi connectivity index (χ2n) is 5.11. The van der Waals surface area contributed by atoms with Crippen molar-refractivity contribution in [2.75, 3.05) is 7.11 Å². The van der Waals surface area contributed by atoms with Gasteiger partial charge in [-0.15, -0.1) is 0 Å². The first kappa shape index (κ1) is 17.5. The maximum Gasteiger partial charge on any atom is 0.416 e. The molecule has 1 rings (SSSR count). The molecule has 2 unspecified atom stereocenters. The summed E-state index contributed by atoms with van der Waals surface area (Å²) in [7, 11) is 1.16. The van der Waals surface area contributed by atoms with Crippen molar-refractivity contribution < 1.29 is 22.7 Å². The molecule has 0 spiro atoms. The maximum absolute atomic E-state index is 13.2. The molecule has 0 saturated heterocycles. The number of carbonyl (C=O) groups is 1. The van der Waals surface area contributed by atoms with Crippen LogP contribution in [0.1, 0.15) is 38.3 Å². The van der Waals surface area contributed by atoms with E-state index in [1.807, 2.05) is 6.92 Å². The minimum absolute atomic E-state index is 0.135. The van der Waals surface area contributed by atoms with E-state index in [4.69, 9.17) is 4.74 Å². The summed E-state index contributed by atoms with van der Waals surface area (Å²) in [6.07, 6.45) is -3.87. The highest BCUT2D eigenvalue weighted by Crippen LogP contribution is 2.37. The highest BCUT2D eigenvalue weighted by atomic mass is 19.4. The van der Waals surface area contributed by atoms with Gasteiger partial charge in [0.1, 0.15) is 5.54 Å². The molecule has 1 aromatic carbocycles. The van der Waals surface area contributed by atoms with Gasteiger partial charge in [0.05, 0.1) is 12.7 Å². The molecular weight excluding hydrogens is 283 g/mol. The van der Waals surface area contributed by atoms with E-state index in [9.17, 15) is 18.0 Å². The molecule has 0 saturated carbocycles. The number of methoxy groups -OCH3 is 1. The van der Waals surface area contributed by atoms with Crippen LogP contribution in [0.2, 0.25) is 0 Å². The highest BCUT2D eigenvalue weighted by Gasteiger charge is 2.44. The zero-order valence-corrected chi connectivity index (χ0v) is 12.5. The van der Waals surface area contributed by atoms with Crippen molar-refractivity contribution in [3.63, 3.8) is 0 Å². The summed E-state index contributed by atoms with van der Waals surface area (Å²) in [6.45, 7) is 5.10. The molecule has 0 heterocycles. The van der Waals surface area contributed by atoms with Crippen LogP contribution in [0.15, 0.2) is 24.3 Å². The van der Waals surface area contributed by atoms with Gasteiger partial charge in [0.25, 0.3) is 0 Å². The highest BCUT2D eigenvalue weighted by molar-refractivity contribution is 5.82. The Labute approximate surface area is 122 Å². The van der Waals surface area contributed by atoms with Gasteiger partial charge >= 0.3 is 12.1 Å². The lowest BCUT2D eigenvalue weighted by Gasteiger charge is -2.33. The molecular formula is C15H20F3NO2. The van der Waals surface area contributed by atoms with Crippen LogP contribution in [0.5, 0.6) is 0 Å². The number of halogens is 3. The fourth-order valence-electron chi connectivity index (χ4n) is 2.21. The van der Waals surface area contributed by atoms with Gasteiger partial charge in [-0.25, -0.2) is 4.79 Å². The fourth-order valence-corrected chi connectivity index (χ4v) is 2.21. The van der Waals surface area contributed by atoms with E-state index in [0.717, 1.165) is 13.2 Å². The Morgan fingerprint density at radius 3 is 2.24 bits per heavy atom. The van der Waals surface area contributed by atoms with Gasteiger partial charge in [-0.1, -0.05) is 25.1 Å². The number of hydrogen-bond donors (Lipinski definition) is 1. The summed E-state index contributed by atoms with van der Waals surface area (Å²) < 4.78 is 44.3. The van der Waals surface area contributed by atoms with E-state index in [0.29, 0.717) is 6.42 Å². The van der Waals surface area contributed by atoms with Crippen LogP contribution in [0.25, 0.3) is 0 Å². The molecule has 21 heavy (non-hydrogen) atoms. The molecule has 2 atom stereocenters. The average Bonchev–Trinajstić information content (AvgIpc) is 2.45. The summed E-state index contributed by atoms with van der Waals surface area (Å²) in [4.78, 5) is 12.1. The molecule has 0 aliphatic rings. The monoisotopic (exact) mass is 303 g/mol. The number of alkyl halides is 3. The lowest BCUT2D eigenvalue weighted by atomic mass is 9.86. The van der Waals surface area contributed by atoms with Gasteiger partial charge in [-0.05, 0) is 31.9 Å².